The molecule has 1 aliphatic heterocycles. The highest BCUT2D eigenvalue weighted by Gasteiger charge is 2.49. The second-order valence-corrected chi connectivity index (χ2v) is 14.0. The molecule has 2 aromatic carbocycles. The standard InChI is InChI=1S/C29H31Cl2N5OS/c1-18-25(21-10-7-11-22(30)24(21)31)34-23(17-32)27(33-18)36-14-12-29(13-15-36)16-19-8-5-6-9-20(19)26(29)35-38(37)28(2,3)4/h5-11,26,35H,12-16H2,1-4H3/t26-,38-/m1/s1. The Kier molecular flexibility index (Phi) is 7.30. The average Bonchev–Trinajstić information content (AvgIpc) is 3.18. The van der Waals surface area contributed by atoms with Gasteiger partial charge in [-0.2, -0.15) is 5.26 Å². The zero-order valence-corrected chi connectivity index (χ0v) is 24.3. The molecule has 3 aromatic rings. The fourth-order valence-corrected chi connectivity index (χ4v) is 6.97. The Balaban J connectivity index is 1.43. The number of halogens is 2. The number of nitrogens with zero attached hydrogens (tertiary/aromatic N) is 4. The molecule has 198 valence electrons. The normalized spacial score (nSPS) is 19.3. The van der Waals surface area contributed by atoms with E-state index >= 15 is 0 Å². The first kappa shape index (κ1) is 27.1. The molecule has 1 fully saturated rings. The monoisotopic (exact) mass is 567 g/mol. The van der Waals surface area contributed by atoms with Crippen LogP contribution < -0.4 is 9.62 Å². The van der Waals surface area contributed by atoms with Gasteiger partial charge in [-0.3, -0.25) is 0 Å². The largest absolute Gasteiger partial charge is 0.354 e. The van der Waals surface area contributed by atoms with Crippen LogP contribution in [0.1, 0.15) is 62.2 Å². The van der Waals surface area contributed by atoms with E-state index < -0.39 is 11.0 Å². The van der Waals surface area contributed by atoms with Crippen LogP contribution in [-0.2, 0) is 17.4 Å². The number of aryl methyl sites for hydroxylation is 1. The Morgan fingerprint density at radius 1 is 1.11 bits per heavy atom. The summed E-state index contributed by atoms with van der Waals surface area (Å²) in [5.41, 5.74) is 4.70. The maximum atomic E-state index is 13.2. The second-order valence-electron chi connectivity index (χ2n) is 11.2. The van der Waals surface area contributed by atoms with Gasteiger partial charge in [0.05, 0.1) is 43.2 Å². The van der Waals surface area contributed by atoms with Gasteiger partial charge >= 0.3 is 0 Å². The highest BCUT2D eigenvalue weighted by atomic mass is 35.5. The fraction of sp³-hybridized carbons (Fsp3) is 0.414. The Morgan fingerprint density at radius 2 is 1.82 bits per heavy atom. The number of anilines is 1. The number of hydrogen-bond donors (Lipinski definition) is 1. The SMILES string of the molecule is Cc1nc(N2CCC3(CC2)Cc2ccccc2[C@H]3N[S@](=O)C(C)(C)C)c(C#N)nc1-c1cccc(Cl)c1Cl. The maximum Gasteiger partial charge on any atom is 0.183 e. The summed E-state index contributed by atoms with van der Waals surface area (Å²) in [4.78, 5) is 11.7. The van der Waals surface area contributed by atoms with E-state index in [0.29, 0.717) is 32.8 Å². The molecule has 6 nitrogen and oxygen atoms in total. The van der Waals surface area contributed by atoms with E-state index in [1.54, 1.807) is 6.07 Å². The predicted octanol–water partition coefficient (Wildman–Crippen LogP) is 6.57. The molecule has 1 saturated heterocycles. The number of nitriles is 1. The molecule has 38 heavy (non-hydrogen) atoms. The molecule has 1 spiro atoms. The van der Waals surface area contributed by atoms with Crippen LogP contribution in [0.25, 0.3) is 11.3 Å². The molecule has 9 heteroatoms. The van der Waals surface area contributed by atoms with Crippen molar-refractivity contribution in [2.24, 2.45) is 5.41 Å². The summed E-state index contributed by atoms with van der Waals surface area (Å²) in [6, 6.07) is 16.1. The average molecular weight is 569 g/mol. The van der Waals surface area contributed by atoms with Gasteiger partial charge in [-0.15, -0.1) is 0 Å². The number of piperidine rings is 1. The third-order valence-electron chi connectivity index (χ3n) is 7.73. The molecule has 0 amide bonds. The topological polar surface area (TPSA) is 81.9 Å². The quantitative estimate of drug-likeness (QED) is 0.385. The summed E-state index contributed by atoms with van der Waals surface area (Å²) in [5.74, 6) is 0.597. The van der Waals surface area contributed by atoms with Crippen molar-refractivity contribution in [3.63, 3.8) is 0 Å². The van der Waals surface area contributed by atoms with E-state index in [-0.39, 0.29) is 21.9 Å². The molecule has 0 saturated carbocycles. The predicted molar refractivity (Wildman–Crippen MR) is 155 cm³/mol. The minimum Gasteiger partial charge on any atom is -0.354 e. The highest BCUT2D eigenvalue weighted by Crippen LogP contribution is 2.52. The van der Waals surface area contributed by atoms with Gasteiger partial charge in [0.1, 0.15) is 6.07 Å². The van der Waals surface area contributed by atoms with E-state index in [2.05, 4.69) is 44.9 Å². The van der Waals surface area contributed by atoms with Gasteiger partial charge in [0, 0.05) is 18.7 Å². The van der Waals surface area contributed by atoms with Gasteiger partial charge < -0.3 is 4.90 Å². The molecular formula is C29H31Cl2N5OS. The van der Waals surface area contributed by atoms with Crippen molar-refractivity contribution in [1.82, 2.24) is 14.7 Å². The number of hydrogen-bond acceptors (Lipinski definition) is 5. The van der Waals surface area contributed by atoms with E-state index in [4.69, 9.17) is 28.2 Å². The molecule has 0 unspecified atom stereocenters. The van der Waals surface area contributed by atoms with Crippen LogP contribution in [0.2, 0.25) is 10.0 Å². The summed E-state index contributed by atoms with van der Waals surface area (Å²) in [6.07, 6.45) is 2.71. The van der Waals surface area contributed by atoms with Crippen molar-refractivity contribution >= 4 is 40.0 Å². The molecule has 1 N–H and O–H groups in total. The third-order valence-corrected chi connectivity index (χ3v) is 10.1. The smallest absolute Gasteiger partial charge is 0.183 e. The first-order valence-electron chi connectivity index (χ1n) is 12.8. The summed E-state index contributed by atoms with van der Waals surface area (Å²) in [5, 5.41) is 10.8. The van der Waals surface area contributed by atoms with Gasteiger partial charge in [0.2, 0.25) is 0 Å². The Hall–Kier alpha value is -2.50. The minimum atomic E-state index is -1.19. The second kappa shape index (κ2) is 10.2. The zero-order valence-electron chi connectivity index (χ0n) is 22.0. The molecule has 2 atom stereocenters. The molecular weight excluding hydrogens is 537 g/mol. The van der Waals surface area contributed by atoms with Crippen LogP contribution in [0, 0.1) is 23.7 Å². The van der Waals surface area contributed by atoms with Gasteiger partial charge in [0.25, 0.3) is 0 Å². The fourth-order valence-electron chi connectivity index (χ4n) is 5.63. The Morgan fingerprint density at radius 3 is 2.50 bits per heavy atom. The molecule has 1 aromatic heterocycles. The lowest BCUT2D eigenvalue weighted by Gasteiger charge is -2.44. The third kappa shape index (κ3) is 4.84. The summed E-state index contributed by atoms with van der Waals surface area (Å²) in [6.45, 7) is 9.33. The van der Waals surface area contributed by atoms with Crippen molar-refractivity contribution in [3.8, 4) is 17.3 Å². The zero-order chi connectivity index (χ0) is 27.2. The Bertz CT molecular complexity index is 1450. The van der Waals surface area contributed by atoms with Crippen LogP contribution in [0.15, 0.2) is 42.5 Å². The molecule has 0 radical (unpaired) electrons. The van der Waals surface area contributed by atoms with Gasteiger partial charge in [0.15, 0.2) is 11.5 Å². The lowest BCUT2D eigenvalue weighted by atomic mass is 9.73. The van der Waals surface area contributed by atoms with Crippen molar-refractivity contribution in [2.45, 2.75) is 57.7 Å². The van der Waals surface area contributed by atoms with Crippen LogP contribution >= 0.6 is 23.2 Å². The highest BCUT2D eigenvalue weighted by molar-refractivity contribution is 7.84. The molecule has 2 heterocycles. The first-order chi connectivity index (χ1) is 18.0. The van der Waals surface area contributed by atoms with Crippen molar-refractivity contribution in [2.75, 3.05) is 18.0 Å². The first-order valence-corrected chi connectivity index (χ1v) is 14.7. The van der Waals surface area contributed by atoms with Crippen LogP contribution in [0.3, 0.4) is 0 Å². The van der Waals surface area contributed by atoms with Crippen LogP contribution in [0.4, 0.5) is 5.82 Å². The van der Waals surface area contributed by atoms with E-state index in [0.717, 1.165) is 32.4 Å². The Labute approximate surface area is 237 Å². The number of benzene rings is 2. The summed E-state index contributed by atoms with van der Waals surface area (Å²) < 4.78 is 16.3. The van der Waals surface area contributed by atoms with Gasteiger partial charge in [-0.05, 0) is 69.6 Å². The molecule has 2 aliphatic rings. The van der Waals surface area contributed by atoms with Crippen molar-refractivity contribution in [1.29, 1.82) is 5.26 Å². The number of rotatable bonds is 4. The van der Waals surface area contributed by atoms with Crippen molar-refractivity contribution < 1.29 is 4.21 Å². The number of nitrogens with one attached hydrogen (secondary N) is 1. The summed E-state index contributed by atoms with van der Waals surface area (Å²) >= 11 is 12.7. The molecule has 1 aliphatic carbocycles. The van der Waals surface area contributed by atoms with Crippen LogP contribution in [0.5, 0.6) is 0 Å². The van der Waals surface area contributed by atoms with Crippen LogP contribution in [-0.4, -0.2) is 32.0 Å². The maximum absolute atomic E-state index is 13.2. The van der Waals surface area contributed by atoms with Gasteiger partial charge in [-0.1, -0.05) is 59.6 Å². The lowest BCUT2D eigenvalue weighted by molar-refractivity contribution is 0.177. The number of aromatic nitrogens is 2. The molecule has 5 rings (SSSR count). The minimum absolute atomic E-state index is 0.0107. The lowest BCUT2D eigenvalue weighted by Crippen LogP contribution is -2.48. The number of fused-ring (bicyclic) bond motifs is 1. The summed E-state index contributed by atoms with van der Waals surface area (Å²) in [7, 11) is -1.19. The van der Waals surface area contributed by atoms with E-state index in [1.165, 1.54) is 11.1 Å². The van der Waals surface area contributed by atoms with E-state index in [9.17, 15) is 9.47 Å². The van der Waals surface area contributed by atoms with Gasteiger partial charge in [-0.25, -0.2) is 18.9 Å². The van der Waals surface area contributed by atoms with Crippen molar-refractivity contribution in [3.05, 3.63) is 75.0 Å². The molecule has 0 bridgehead atoms. The van der Waals surface area contributed by atoms with E-state index in [1.807, 2.05) is 39.8 Å².